The summed E-state index contributed by atoms with van der Waals surface area (Å²) in [4.78, 5) is 48.3. The van der Waals surface area contributed by atoms with E-state index in [2.05, 4.69) is 9.98 Å². The molecule has 174 valence electrons. The van der Waals surface area contributed by atoms with Crippen LogP contribution in [0.2, 0.25) is 5.02 Å². The number of rotatable bonds is 5. The van der Waals surface area contributed by atoms with Gasteiger partial charge in [0.05, 0.1) is 22.6 Å². The number of hydrogen-bond donors (Lipinski definition) is 0. The van der Waals surface area contributed by atoms with Crippen LogP contribution in [0.3, 0.4) is 0 Å². The summed E-state index contributed by atoms with van der Waals surface area (Å²) in [5, 5.41) is 0.462. The topological polar surface area (TPSA) is 95.0 Å². The molecule has 0 atom stereocenters. The normalized spacial score (nSPS) is 12.0. The molecule has 0 N–H and O–H groups in total. The van der Waals surface area contributed by atoms with Gasteiger partial charge in [0.15, 0.2) is 5.49 Å². The Morgan fingerprint density at radius 2 is 1.85 bits per heavy atom. The SMILES string of the molecule is CCOC(=O)c1cc2c(=O)n3ccccc3nc2n(CC(C)C)c1=NC(=O)c1ccccc1Cl. The smallest absolute Gasteiger partial charge is 0.341 e. The first-order valence-electron chi connectivity index (χ1n) is 10.9. The lowest BCUT2D eigenvalue weighted by atomic mass is 10.1. The maximum atomic E-state index is 13.3. The average molecular weight is 479 g/mol. The second-order valence-corrected chi connectivity index (χ2v) is 8.49. The van der Waals surface area contributed by atoms with Gasteiger partial charge in [0.25, 0.3) is 11.5 Å². The summed E-state index contributed by atoms with van der Waals surface area (Å²) in [6.45, 7) is 6.10. The van der Waals surface area contributed by atoms with Gasteiger partial charge < -0.3 is 9.30 Å². The van der Waals surface area contributed by atoms with Crippen molar-refractivity contribution in [3.8, 4) is 0 Å². The fraction of sp³-hybridized carbons (Fsp3) is 0.240. The summed E-state index contributed by atoms with van der Waals surface area (Å²) in [5.41, 5.74) is 0.685. The van der Waals surface area contributed by atoms with E-state index in [0.717, 1.165) is 0 Å². The number of esters is 1. The minimum Gasteiger partial charge on any atom is -0.462 e. The van der Waals surface area contributed by atoms with Crippen LogP contribution in [-0.4, -0.2) is 32.4 Å². The van der Waals surface area contributed by atoms with Gasteiger partial charge in [-0.15, -0.1) is 0 Å². The van der Waals surface area contributed by atoms with E-state index in [1.807, 2.05) is 13.8 Å². The second kappa shape index (κ2) is 9.61. The highest BCUT2D eigenvalue weighted by Crippen LogP contribution is 2.17. The molecule has 0 spiro atoms. The molecule has 0 bridgehead atoms. The monoisotopic (exact) mass is 478 g/mol. The van der Waals surface area contributed by atoms with Crippen molar-refractivity contribution in [1.82, 2.24) is 14.0 Å². The molecule has 0 saturated heterocycles. The molecule has 0 aliphatic rings. The van der Waals surface area contributed by atoms with Crippen LogP contribution in [-0.2, 0) is 11.3 Å². The van der Waals surface area contributed by atoms with E-state index in [9.17, 15) is 14.4 Å². The molecule has 0 saturated carbocycles. The van der Waals surface area contributed by atoms with Gasteiger partial charge in [-0.25, -0.2) is 9.78 Å². The third-order valence-corrected chi connectivity index (χ3v) is 5.47. The molecular weight excluding hydrogens is 456 g/mol. The summed E-state index contributed by atoms with van der Waals surface area (Å²) in [6.07, 6.45) is 1.61. The highest BCUT2D eigenvalue weighted by atomic mass is 35.5. The average Bonchev–Trinajstić information content (AvgIpc) is 2.81. The molecule has 1 amide bonds. The zero-order valence-electron chi connectivity index (χ0n) is 19.0. The first kappa shape index (κ1) is 23.4. The standard InChI is InChI=1S/C25H23ClN4O4/c1-4-34-25(33)18-13-17-21(27-20-11-7-8-12-29(20)24(17)32)30(14-15(2)3)22(18)28-23(31)16-9-5-6-10-19(16)26/h5-13,15H,4,14H2,1-3H3. The zero-order chi connectivity index (χ0) is 24.4. The molecule has 0 unspecified atom stereocenters. The van der Waals surface area contributed by atoms with Crippen LogP contribution in [0.25, 0.3) is 16.7 Å². The van der Waals surface area contributed by atoms with E-state index >= 15 is 0 Å². The predicted octanol–water partition coefficient (Wildman–Crippen LogP) is 3.88. The molecule has 1 aromatic carbocycles. The molecule has 4 aromatic rings. The number of ether oxygens (including phenoxy) is 1. The Labute approximate surface area is 200 Å². The minimum absolute atomic E-state index is 0.00480. The van der Waals surface area contributed by atoms with Crippen molar-refractivity contribution in [2.45, 2.75) is 27.3 Å². The van der Waals surface area contributed by atoms with Crippen LogP contribution in [0, 0.1) is 5.92 Å². The summed E-state index contributed by atoms with van der Waals surface area (Å²) in [6, 6.07) is 13.2. The van der Waals surface area contributed by atoms with Gasteiger partial charge in [-0.3, -0.25) is 14.0 Å². The molecular formula is C25H23ClN4O4. The highest BCUT2D eigenvalue weighted by molar-refractivity contribution is 6.33. The van der Waals surface area contributed by atoms with Crippen molar-refractivity contribution in [1.29, 1.82) is 0 Å². The highest BCUT2D eigenvalue weighted by Gasteiger charge is 2.21. The number of hydrogen-bond acceptors (Lipinski definition) is 5. The van der Waals surface area contributed by atoms with Gasteiger partial charge in [0.1, 0.15) is 16.9 Å². The van der Waals surface area contributed by atoms with Gasteiger partial charge in [0.2, 0.25) is 0 Å². The van der Waals surface area contributed by atoms with Crippen molar-refractivity contribution >= 4 is 40.2 Å². The Balaban J connectivity index is 2.15. The quantitative estimate of drug-likeness (QED) is 0.320. The molecule has 0 aliphatic heterocycles. The Morgan fingerprint density at radius 1 is 1.12 bits per heavy atom. The Kier molecular flexibility index (Phi) is 6.61. The van der Waals surface area contributed by atoms with Crippen molar-refractivity contribution in [2.75, 3.05) is 6.61 Å². The van der Waals surface area contributed by atoms with Gasteiger partial charge in [0, 0.05) is 12.7 Å². The lowest BCUT2D eigenvalue weighted by Gasteiger charge is -2.16. The second-order valence-electron chi connectivity index (χ2n) is 8.09. The lowest BCUT2D eigenvalue weighted by molar-refractivity contribution is 0.0523. The lowest BCUT2D eigenvalue weighted by Crippen LogP contribution is -2.33. The number of aromatic nitrogens is 3. The van der Waals surface area contributed by atoms with Gasteiger partial charge in [-0.1, -0.05) is 43.6 Å². The van der Waals surface area contributed by atoms with Crippen molar-refractivity contribution in [3.05, 3.63) is 86.7 Å². The van der Waals surface area contributed by atoms with E-state index in [1.54, 1.807) is 60.2 Å². The fourth-order valence-corrected chi connectivity index (χ4v) is 3.90. The van der Waals surface area contributed by atoms with E-state index in [1.165, 1.54) is 10.5 Å². The molecule has 0 fully saturated rings. The number of carbonyl (C=O) groups is 2. The molecule has 3 heterocycles. The number of carbonyl (C=O) groups excluding carboxylic acids is 2. The number of pyridine rings is 2. The van der Waals surface area contributed by atoms with Crippen LogP contribution in [0.1, 0.15) is 41.5 Å². The molecule has 4 rings (SSSR count). The van der Waals surface area contributed by atoms with Crippen molar-refractivity contribution < 1.29 is 14.3 Å². The van der Waals surface area contributed by atoms with Crippen LogP contribution in [0.5, 0.6) is 0 Å². The predicted molar refractivity (Wildman–Crippen MR) is 129 cm³/mol. The zero-order valence-corrected chi connectivity index (χ0v) is 19.7. The van der Waals surface area contributed by atoms with E-state index < -0.39 is 11.9 Å². The van der Waals surface area contributed by atoms with E-state index in [4.69, 9.17) is 16.3 Å². The maximum absolute atomic E-state index is 13.3. The summed E-state index contributed by atoms with van der Waals surface area (Å²) in [5.74, 6) is -1.22. The number of fused-ring (bicyclic) bond motifs is 2. The van der Waals surface area contributed by atoms with E-state index in [-0.39, 0.29) is 45.1 Å². The minimum atomic E-state index is -0.690. The van der Waals surface area contributed by atoms with E-state index in [0.29, 0.717) is 17.8 Å². The van der Waals surface area contributed by atoms with Crippen LogP contribution < -0.4 is 11.0 Å². The number of nitrogens with zero attached hydrogens (tertiary/aromatic N) is 4. The third kappa shape index (κ3) is 4.36. The fourth-order valence-electron chi connectivity index (χ4n) is 3.69. The summed E-state index contributed by atoms with van der Waals surface area (Å²) in [7, 11) is 0. The van der Waals surface area contributed by atoms with Crippen molar-refractivity contribution in [2.24, 2.45) is 10.9 Å². The molecule has 0 radical (unpaired) electrons. The Bertz CT molecular complexity index is 1550. The maximum Gasteiger partial charge on any atom is 0.341 e. The van der Waals surface area contributed by atoms with Gasteiger partial charge >= 0.3 is 5.97 Å². The molecule has 8 nitrogen and oxygen atoms in total. The van der Waals surface area contributed by atoms with Crippen LogP contribution in [0.15, 0.2) is 64.5 Å². The largest absolute Gasteiger partial charge is 0.462 e. The van der Waals surface area contributed by atoms with Gasteiger partial charge in [-0.05, 0) is 43.2 Å². The number of halogens is 1. The number of benzene rings is 1. The first-order chi connectivity index (χ1) is 16.3. The van der Waals surface area contributed by atoms with Crippen LogP contribution >= 0.6 is 11.6 Å². The van der Waals surface area contributed by atoms with Gasteiger partial charge in [-0.2, -0.15) is 4.99 Å². The Hall–Kier alpha value is -3.78. The first-order valence-corrected chi connectivity index (χ1v) is 11.2. The molecule has 9 heteroatoms. The summed E-state index contributed by atoms with van der Waals surface area (Å²) < 4.78 is 8.28. The molecule has 34 heavy (non-hydrogen) atoms. The molecule has 0 aliphatic carbocycles. The summed E-state index contributed by atoms with van der Waals surface area (Å²) >= 11 is 6.21. The van der Waals surface area contributed by atoms with Crippen molar-refractivity contribution in [3.63, 3.8) is 0 Å². The molecule has 3 aromatic heterocycles. The number of amides is 1. The Morgan fingerprint density at radius 3 is 2.56 bits per heavy atom. The third-order valence-electron chi connectivity index (χ3n) is 5.14. The van der Waals surface area contributed by atoms with Crippen LogP contribution in [0.4, 0.5) is 0 Å².